The van der Waals surface area contributed by atoms with Gasteiger partial charge in [0.05, 0.1) is 18.4 Å². The van der Waals surface area contributed by atoms with E-state index in [0.717, 1.165) is 25.2 Å². The average molecular weight is 451 g/mol. The normalized spacial score (nSPS) is 17.4. The van der Waals surface area contributed by atoms with Gasteiger partial charge >= 0.3 is 0 Å². The van der Waals surface area contributed by atoms with Gasteiger partial charge in [-0.05, 0) is 80.8 Å². The third kappa shape index (κ3) is 4.25. The number of anilines is 3. The highest BCUT2D eigenvalue weighted by molar-refractivity contribution is 5.76. The van der Waals surface area contributed by atoms with Crippen molar-refractivity contribution in [2.75, 3.05) is 23.3 Å². The molecule has 172 valence electrons. The molecule has 0 aliphatic carbocycles. The van der Waals surface area contributed by atoms with Crippen LogP contribution in [0.5, 0.6) is 5.75 Å². The van der Waals surface area contributed by atoms with Crippen LogP contribution in [0.25, 0.3) is 11.1 Å². The number of ether oxygens (including phenoxy) is 1. The Kier molecular flexibility index (Phi) is 5.66. The summed E-state index contributed by atoms with van der Waals surface area (Å²) >= 11 is 0. The van der Waals surface area contributed by atoms with Crippen LogP contribution in [0.3, 0.4) is 0 Å². The first-order valence-electron chi connectivity index (χ1n) is 11.4. The number of benzene rings is 2. The van der Waals surface area contributed by atoms with Crippen LogP contribution in [0.2, 0.25) is 0 Å². The van der Waals surface area contributed by atoms with Gasteiger partial charge in [0.2, 0.25) is 0 Å². The van der Waals surface area contributed by atoms with Gasteiger partial charge < -0.3 is 20.3 Å². The summed E-state index contributed by atoms with van der Waals surface area (Å²) in [5, 5.41) is 6.64. The van der Waals surface area contributed by atoms with Gasteiger partial charge in [0.25, 0.3) is 0 Å². The van der Waals surface area contributed by atoms with E-state index in [2.05, 4.69) is 46.5 Å². The highest BCUT2D eigenvalue weighted by Crippen LogP contribution is 2.41. The molecule has 2 aliphatic heterocycles. The zero-order valence-corrected chi connectivity index (χ0v) is 19.1. The van der Waals surface area contributed by atoms with E-state index in [9.17, 15) is 4.39 Å². The zero-order chi connectivity index (χ0) is 23.1. The van der Waals surface area contributed by atoms with E-state index < -0.39 is 11.6 Å². The molecule has 1 atom stereocenters. The molecule has 33 heavy (non-hydrogen) atoms. The lowest BCUT2D eigenvalue weighted by atomic mass is 10.0. The first-order valence-corrected chi connectivity index (χ1v) is 11.4. The van der Waals surface area contributed by atoms with Gasteiger partial charge in [-0.1, -0.05) is 6.07 Å². The fraction of sp³-hybridized carbons (Fsp3) is 0.346. The van der Waals surface area contributed by atoms with E-state index in [1.54, 1.807) is 12.1 Å². The summed E-state index contributed by atoms with van der Waals surface area (Å²) in [4.78, 5) is 6.30. The molecule has 0 radical (unpaired) electrons. The fourth-order valence-corrected chi connectivity index (χ4v) is 4.60. The maximum absolute atomic E-state index is 15.1. The Morgan fingerprint density at radius 2 is 1.97 bits per heavy atom. The van der Waals surface area contributed by atoms with Crippen molar-refractivity contribution in [1.82, 2.24) is 10.3 Å². The summed E-state index contributed by atoms with van der Waals surface area (Å²) in [6, 6.07) is 11.1. The summed E-state index contributed by atoms with van der Waals surface area (Å²) < 4.78 is 35.7. The third-order valence-electron chi connectivity index (χ3n) is 6.26. The molecule has 5 nitrogen and oxygen atoms in total. The maximum atomic E-state index is 15.1. The molecule has 1 unspecified atom stereocenters. The average Bonchev–Trinajstić information content (AvgIpc) is 2.80. The van der Waals surface area contributed by atoms with Crippen LogP contribution in [-0.2, 0) is 13.0 Å². The van der Waals surface area contributed by atoms with Crippen LogP contribution in [0.4, 0.5) is 26.0 Å². The summed E-state index contributed by atoms with van der Waals surface area (Å²) in [7, 11) is 0. The van der Waals surface area contributed by atoms with E-state index in [0.29, 0.717) is 29.2 Å². The number of halogens is 2. The minimum absolute atomic E-state index is 0.124. The minimum atomic E-state index is -0.502. The molecule has 0 bridgehead atoms. The number of hydrogen-bond donors (Lipinski definition) is 2. The molecule has 3 aromatic rings. The van der Waals surface area contributed by atoms with Crippen molar-refractivity contribution in [2.45, 2.75) is 45.9 Å². The number of nitrogens with zero attached hydrogens (tertiary/aromatic N) is 2. The number of nitrogens with one attached hydrogen (secondary N) is 2. The smallest absolute Gasteiger partial charge is 0.178 e. The van der Waals surface area contributed by atoms with Crippen molar-refractivity contribution in [3.63, 3.8) is 0 Å². The minimum Gasteiger partial charge on any atom is -0.484 e. The van der Waals surface area contributed by atoms with Gasteiger partial charge in [0.1, 0.15) is 17.7 Å². The number of pyridine rings is 1. The van der Waals surface area contributed by atoms with Crippen molar-refractivity contribution in [1.29, 1.82) is 0 Å². The molecule has 0 saturated heterocycles. The molecule has 2 aliphatic rings. The van der Waals surface area contributed by atoms with Crippen molar-refractivity contribution in [3.05, 3.63) is 65.4 Å². The predicted molar refractivity (Wildman–Crippen MR) is 127 cm³/mol. The second kappa shape index (κ2) is 8.63. The predicted octanol–water partition coefficient (Wildman–Crippen LogP) is 5.41. The molecule has 1 aromatic heterocycles. The molecule has 5 rings (SSSR count). The lowest BCUT2D eigenvalue weighted by Gasteiger charge is -2.38. The molecule has 0 spiro atoms. The van der Waals surface area contributed by atoms with Crippen molar-refractivity contribution in [3.8, 4) is 16.9 Å². The molecule has 0 amide bonds. The third-order valence-corrected chi connectivity index (χ3v) is 6.26. The van der Waals surface area contributed by atoms with E-state index in [1.165, 1.54) is 23.4 Å². The van der Waals surface area contributed by atoms with E-state index >= 15 is 4.39 Å². The number of rotatable bonds is 4. The van der Waals surface area contributed by atoms with Crippen LogP contribution < -0.4 is 20.3 Å². The van der Waals surface area contributed by atoms with Crippen LogP contribution in [0, 0.1) is 11.6 Å². The van der Waals surface area contributed by atoms with E-state index in [1.807, 2.05) is 13.0 Å². The monoisotopic (exact) mass is 450 g/mol. The molecule has 3 heterocycles. The van der Waals surface area contributed by atoms with E-state index in [4.69, 9.17) is 4.74 Å². The van der Waals surface area contributed by atoms with Crippen molar-refractivity contribution in [2.24, 2.45) is 0 Å². The van der Waals surface area contributed by atoms with Crippen LogP contribution in [0.1, 0.15) is 31.9 Å². The van der Waals surface area contributed by atoms with Crippen LogP contribution in [-0.4, -0.2) is 30.2 Å². The number of hydrogen-bond acceptors (Lipinski definition) is 5. The van der Waals surface area contributed by atoms with Gasteiger partial charge in [-0.25, -0.2) is 13.8 Å². The molecule has 0 saturated carbocycles. The summed E-state index contributed by atoms with van der Waals surface area (Å²) in [6.45, 7) is 8.49. The maximum Gasteiger partial charge on any atom is 0.178 e. The van der Waals surface area contributed by atoms with E-state index in [-0.39, 0.29) is 17.9 Å². The molecule has 2 aromatic carbocycles. The van der Waals surface area contributed by atoms with Crippen LogP contribution in [0.15, 0.2) is 42.6 Å². The Labute approximate surface area is 192 Å². The highest BCUT2D eigenvalue weighted by Gasteiger charge is 2.28. The molecular weight excluding hydrogens is 422 g/mol. The first-order chi connectivity index (χ1) is 15.9. The SMILES string of the molecule is CC1CN(C(C)C)c2cc(-c3cc(Nc4ccc5c(c4)CCNC5)ncc3F)cc(F)c2O1. The van der Waals surface area contributed by atoms with Gasteiger partial charge in [0.15, 0.2) is 11.6 Å². The summed E-state index contributed by atoms with van der Waals surface area (Å²) in [6.07, 6.45) is 2.02. The molecule has 2 N–H and O–H groups in total. The zero-order valence-electron chi connectivity index (χ0n) is 19.1. The lowest BCUT2D eigenvalue weighted by molar-refractivity contribution is 0.199. The Hall–Kier alpha value is -3.19. The first kappa shape index (κ1) is 21.6. The summed E-state index contributed by atoms with van der Waals surface area (Å²) in [5.41, 5.74) is 4.86. The Morgan fingerprint density at radius 1 is 1.12 bits per heavy atom. The van der Waals surface area contributed by atoms with Crippen molar-refractivity contribution < 1.29 is 13.5 Å². The van der Waals surface area contributed by atoms with Crippen molar-refractivity contribution >= 4 is 17.2 Å². The topological polar surface area (TPSA) is 49.4 Å². The molecule has 7 heteroatoms. The largest absolute Gasteiger partial charge is 0.484 e. The second-order valence-electron chi connectivity index (χ2n) is 9.07. The van der Waals surface area contributed by atoms with Crippen LogP contribution >= 0.6 is 0 Å². The number of aromatic nitrogens is 1. The lowest BCUT2D eigenvalue weighted by Crippen LogP contribution is -2.42. The van der Waals surface area contributed by atoms with Gasteiger partial charge in [0, 0.05) is 23.8 Å². The van der Waals surface area contributed by atoms with Gasteiger partial charge in [-0.3, -0.25) is 0 Å². The Bertz CT molecular complexity index is 1200. The Morgan fingerprint density at radius 3 is 2.79 bits per heavy atom. The highest BCUT2D eigenvalue weighted by atomic mass is 19.1. The molecule has 0 fully saturated rings. The number of fused-ring (bicyclic) bond motifs is 2. The standard InChI is InChI=1S/C26H28F2N4O/c1-15(2)32-14-16(3)33-26-22(27)9-19(10-24(26)32)21-11-25(30-13-23(21)28)31-20-5-4-18-12-29-7-6-17(18)8-20/h4-5,8-11,13,15-16,29H,6-7,12,14H2,1-3H3,(H,30,31). The Balaban J connectivity index is 1.50. The van der Waals surface area contributed by atoms with Gasteiger partial charge in [-0.15, -0.1) is 0 Å². The quantitative estimate of drug-likeness (QED) is 0.557. The molecular formula is C26H28F2N4O. The van der Waals surface area contributed by atoms with Gasteiger partial charge in [-0.2, -0.15) is 0 Å². The fourth-order valence-electron chi connectivity index (χ4n) is 4.60. The second-order valence-corrected chi connectivity index (χ2v) is 9.07. The summed E-state index contributed by atoms with van der Waals surface area (Å²) in [5.74, 6) is -0.266.